The Hall–Kier alpha value is -1.60. The minimum Gasteiger partial charge on any atom is -0.485 e. The molecular formula is C19H18Cl2N2O3S. The number of nitrogens with zero attached hydrogens (tertiary/aromatic N) is 1. The van der Waals surface area contributed by atoms with Gasteiger partial charge < -0.3 is 19.1 Å². The van der Waals surface area contributed by atoms with Gasteiger partial charge in [0.1, 0.15) is 11.9 Å². The van der Waals surface area contributed by atoms with Crippen molar-refractivity contribution in [1.29, 1.82) is 0 Å². The number of rotatable bonds is 5. The van der Waals surface area contributed by atoms with Gasteiger partial charge in [-0.3, -0.25) is 4.79 Å². The Kier molecular flexibility index (Phi) is 5.68. The fourth-order valence-electron chi connectivity index (χ4n) is 2.87. The molecule has 0 aliphatic carbocycles. The van der Waals surface area contributed by atoms with E-state index in [1.165, 1.54) is 0 Å². The summed E-state index contributed by atoms with van der Waals surface area (Å²) in [6.07, 6.45) is 1.16. The first-order chi connectivity index (χ1) is 13.1. The summed E-state index contributed by atoms with van der Waals surface area (Å²) in [5.74, 6) is 1.40. The number of benzene rings is 2. The largest absolute Gasteiger partial charge is 0.485 e. The minimum atomic E-state index is -0.286. The summed E-state index contributed by atoms with van der Waals surface area (Å²) < 4.78 is 13.1. The van der Waals surface area contributed by atoms with E-state index in [1.807, 2.05) is 12.1 Å². The fourth-order valence-corrected chi connectivity index (χ4v) is 4.30. The van der Waals surface area contributed by atoms with E-state index < -0.39 is 0 Å². The summed E-state index contributed by atoms with van der Waals surface area (Å²) >= 11 is 14.2. The summed E-state index contributed by atoms with van der Waals surface area (Å²) in [6.45, 7) is 2.09. The smallest absolute Gasteiger partial charge is 0.257 e. The van der Waals surface area contributed by atoms with E-state index in [9.17, 15) is 4.79 Å². The zero-order valence-electron chi connectivity index (χ0n) is 14.4. The number of ether oxygens (including phenoxy) is 2. The first-order valence-electron chi connectivity index (χ1n) is 8.65. The summed E-state index contributed by atoms with van der Waals surface area (Å²) in [5, 5.41) is 3.75. The lowest BCUT2D eigenvalue weighted by atomic mass is 10.1. The molecule has 1 N–H and O–H groups in total. The van der Waals surface area contributed by atoms with Gasteiger partial charge in [-0.05, 0) is 48.7 Å². The maximum Gasteiger partial charge on any atom is 0.257 e. The molecule has 5 nitrogen and oxygen atoms in total. The van der Waals surface area contributed by atoms with Crippen LogP contribution < -0.4 is 14.4 Å². The number of nitrogens with one attached hydrogen (secondary N) is 1. The van der Waals surface area contributed by atoms with E-state index in [4.69, 9.17) is 32.7 Å². The number of hydrogen-bond donors (Lipinski definition) is 1. The number of anilines is 2. The Morgan fingerprint density at radius 1 is 1.22 bits per heavy atom. The van der Waals surface area contributed by atoms with Crippen molar-refractivity contribution >= 4 is 52.4 Å². The van der Waals surface area contributed by atoms with Crippen LogP contribution in [-0.2, 0) is 4.74 Å². The van der Waals surface area contributed by atoms with Crippen LogP contribution in [0, 0.1) is 0 Å². The Bertz CT molecular complexity index is 855. The molecule has 0 saturated carbocycles. The zero-order chi connectivity index (χ0) is 18.8. The third-order valence-corrected chi connectivity index (χ3v) is 6.00. The van der Waals surface area contributed by atoms with Crippen LogP contribution in [0.25, 0.3) is 0 Å². The summed E-state index contributed by atoms with van der Waals surface area (Å²) in [5.41, 5.74) is 1.96. The highest BCUT2D eigenvalue weighted by Gasteiger charge is 2.21. The van der Waals surface area contributed by atoms with E-state index in [-0.39, 0.29) is 12.0 Å². The lowest BCUT2D eigenvalue weighted by molar-refractivity contribution is -0.0796. The molecule has 2 fully saturated rings. The second kappa shape index (κ2) is 8.19. The van der Waals surface area contributed by atoms with Crippen molar-refractivity contribution in [2.75, 3.05) is 35.1 Å². The highest BCUT2D eigenvalue weighted by molar-refractivity contribution is 8.00. The Balaban J connectivity index is 1.52. The first-order valence-corrected chi connectivity index (χ1v) is 10.3. The van der Waals surface area contributed by atoms with Crippen LogP contribution in [0.4, 0.5) is 11.4 Å². The predicted octanol–water partition coefficient (Wildman–Crippen LogP) is 4.88. The average Bonchev–Trinajstić information content (AvgIpc) is 3.12. The normalized spacial score (nSPS) is 16.9. The monoisotopic (exact) mass is 424 g/mol. The van der Waals surface area contributed by atoms with Crippen molar-refractivity contribution in [2.45, 2.75) is 12.5 Å². The van der Waals surface area contributed by atoms with Crippen molar-refractivity contribution in [3.05, 3.63) is 52.0 Å². The molecule has 8 heteroatoms. The van der Waals surface area contributed by atoms with Crippen molar-refractivity contribution in [3.63, 3.8) is 0 Å². The topological polar surface area (TPSA) is 50.8 Å². The van der Waals surface area contributed by atoms with Gasteiger partial charge in [0.15, 0.2) is 0 Å². The van der Waals surface area contributed by atoms with Crippen LogP contribution >= 0.6 is 35.1 Å². The molecule has 2 aromatic carbocycles. The third-order valence-electron chi connectivity index (χ3n) is 4.27. The van der Waals surface area contributed by atoms with Gasteiger partial charge in [-0.2, -0.15) is 0 Å². The molecule has 0 aromatic heterocycles. The summed E-state index contributed by atoms with van der Waals surface area (Å²) in [7, 11) is 0. The maximum absolute atomic E-state index is 12.8. The van der Waals surface area contributed by atoms with E-state index in [0.29, 0.717) is 40.3 Å². The van der Waals surface area contributed by atoms with Crippen molar-refractivity contribution in [2.24, 2.45) is 0 Å². The molecule has 0 atom stereocenters. The molecule has 4 rings (SSSR count). The Labute approximate surface area is 172 Å². The quantitative estimate of drug-likeness (QED) is 0.692. The maximum atomic E-state index is 12.8. The van der Waals surface area contributed by atoms with Crippen LogP contribution in [-0.4, -0.2) is 37.5 Å². The standard InChI is InChI=1S/C19H18Cl2N2O3S/c20-12-6-13(8-15(7-12)26-16-10-25-11-16)22-19(24)17-9-14(2-3-18(17)21)23-4-1-5-27-23/h2-3,6-9,16H,1,4-5,10-11H2,(H,22,24). The molecule has 2 aliphatic rings. The van der Waals surface area contributed by atoms with Gasteiger partial charge in [0.25, 0.3) is 5.91 Å². The Morgan fingerprint density at radius 2 is 2.07 bits per heavy atom. The van der Waals surface area contributed by atoms with Gasteiger partial charge in [0.05, 0.1) is 23.8 Å². The Morgan fingerprint density at radius 3 is 2.78 bits per heavy atom. The summed E-state index contributed by atoms with van der Waals surface area (Å²) in [4.78, 5) is 12.8. The molecule has 0 bridgehead atoms. The third kappa shape index (κ3) is 4.46. The lowest BCUT2D eigenvalue weighted by Gasteiger charge is -2.27. The number of carbonyl (C=O) groups excluding carboxylic acids is 1. The molecule has 2 aliphatic heterocycles. The molecule has 142 valence electrons. The van der Waals surface area contributed by atoms with Crippen LogP contribution in [0.5, 0.6) is 5.75 Å². The molecule has 0 spiro atoms. The van der Waals surface area contributed by atoms with Gasteiger partial charge >= 0.3 is 0 Å². The highest BCUT2D eigenvalue weighted by Crippen LogP contribution is 2.32. The van der Waals surface area contributed by atoms with Crippen molar-refractivity contribution < 1.29 is 14.3 Å². The zero-order valence-corrected chi connectivity index (χ0v) is 16.7. The molecule has 2 saturated heterocycles. The van der Waals surface area contributed by atoms with Crippen LogP contribution in [0.1, 0.15) is 16.8 Å². The number of hydrogen-bond acceptors (Lipinski definition) is 5. The van der Waals surface area contributed by atoms with Crippen molar-refractivity contribution in [1.82, 2.24) is 0 Å². The van der Waals surface area contributed by atoms with Crippen LogP contribution in [0.15, 0.2) is 36.4 Å². The lowest BCUT2D eigenvalue weighted by Crippen LogP contribution is -2.38. The molecule has 27 heavy (non-hydrogen) atoms. The molecule has 2 aromatic rings. The van der Waals surface area contributed by atoms with E-state index >= 15 is 0 Å². The first kappa shape index (κ1) is 18.7. The average molecular weight is 425 g/mol. The van der Waals surface area contributed by atoms with Gasteiger partial charge in [0, 0.05) is 34.8 Å². The van der Waals surface area contributed by atoms with Crippen LogP contribution in [0.2, 0.25) is 10.0 Å². The molecule has 0 unspecified atom stereocenters. The number of halogens is 2. The number of carbonyl (C=O) groups is 1. The van der Waals surface area contributed by atoms with Gasteiger partial charge in [-0.15, -0.1) is 0 Å². The second-order valence-corrected chi connectivity index (χ2v) is 8.31. The van der Waals surface area contributed by atoms with Gasteiger partial charge in [0.2, 0.25) is 0 Å². The van der Waals surface area contributed by atoms with Gasteiger partial charge in [-0.25, -0.2) is 0 Å². The SMILES string of the molecule is O=C(Nc1cc(Cl)cc(OC2COC2)c1)c1cc(N2CCCS2)ccc1Cl. The van der Waals surface area contributed by atoms with Gasteiger partial charge in [-0.1, -0.05) is 23.2 Å². The fraction of sp³-hybridized carbons (Fsp3) is 0.316. The van der Waals surface area contributed by atoms with Crippen molar-refractivity contribution in [3.8, 4) is 5.75 Å². The van der Waals surface area contributed by atoms with Crippen LogP contribution in [0.3, 0.4) is 0 Å². The summed E-state index contributed by atoms with van der Waals surface area (Å²) in [6, 6.07) is 10.7. The van der Waals surface area contributed by atoms with E-state index in [0.717, 1.165) is 24.4 Å². The molecule has 2 heterocycles. The number of amides is 1. The minimum absolute atomic E-state index is 0.0242. The predicted molar refractivity (Wildman–Crippen MR) is 111 cm³/mol. The molecule has 0 radical (unpaired) electrons. The second-order valence-electron chi connectivity index (χ2n) is 6.36. The molecule has 1 amide bonds. The van der Waals surface area contributed by atoms with E-state index in [1.54, 1.807) is 36.2 Å². The highest BCUT2D eigenvalue weighted by atomic mass is 35.5. The molecular weight excluding hydrogens is 407 g/mol. The van der Waals surface area contributed by atoms with E-state index in [2.05, 4.69) is 9.62 Å².